The van der Waals surface area contributed by atoms with Crippen molar-refractivity contribution in [2.45, 2.75) is 58.2 Å². The molecule has 1 aromatic carbocycles. The van der Waals surface area contributed by atoms with Gasteiger partial charge in [0.1, 0.15) is 11.5 Å². The summed E-state index contributed by atoms with van der Waals surface area (Å²) in [5.41, 5.74) is 2.97. The summed E-state index contributed by atoms with van der Waals surface area (Å²) in [4.78, 5) is 18.8. The Morgan fingerprint density at radius 1 is 1.24 bits per heavy atom. The van der Waals surface area contributed by atoms with E-state index in [0.29, 0.717) is 30.4 Å². The molecule has 1 atom stereocenters. The van der Waals surface area contributed by atoms with Gasteiger partial charge in [-0.3, -0.25) is 4.79 Å². The van der Waals surface area contributed by atoms with Crippen LogP contribution in [0.5, 0.6) is 0 Å². The van der Waals surface area contributed by atoms with Crippen LogP contribution in [0.15, 0.2) is 30.3 Å². The number of nitrogens with one attached hydrogen (secondary N) is 2. The Kier molecular flexibility index (Phi) is 6.81. The average molecular weight is 461 g/mol. The van der Waals surface area contributed by atoms with Gasteiger partial charge in [-0.2, -0.15) is 13.2 Å². The molecule has 1 saturated heterocycles. The zero-order valence-corrected chi connectivity index (χ0v) is 19.1. The SMILES string of the molecule is CC1CCN(c2nc(C(F)(F)F)ccc2CNC(=O)C(C)c2ccc3c(c2)CCCN3)CC1. The number of piperidine rings is 1. The van der Waals surface area contributed by atoms with Gasteiger partial charge in [-0.05, 0) is 61.8 Å². The minimum atomic E-state index is -4.50. The highest BCUT2D eigenvalue weighted by Crippen LogP contribution is 2.32. The second kappa shape index (κ2) is 9.61. The maximum absolute atomic E-state index is 13.3. The van der Waals surface area contributed by atoms with Gasteiger partial charge < -0.3 is 15.5 Å². The number of amides is 1. The molecule has 5 nitrogen and oxygen atoms in total. The predicted octanol–water partition coefficient (Wildman–Crippen LogP) is 5.11. The molecular formula is C25H31F3N4O. The smallest absolute Gasteiger partial charge is 0.385 e. The molecule has 0 spiro atoms. The van der Waals surface area contributed by atoms with Crippen molar-refractivity contribution in [2.24, 2.45) is 5.92 Å². The van der Waals surface area contributed by atoms with Crippen LogP contribution in [-0.4, -0.2) is 30.5 Å². The molecule has 0 aliphatic carbocycles. The molecule has 0 bridgehead atoms. The number of carbonyl (C=O) groups excluding carboxylic acids is 1. The zero-order valence-electron chi connectivity index (χ0n) is 19.1. The van der Waals surface area contributed by atoms with Crippen LogP contribution in [0, 0.1) is 5.92 Å². The van der Waals surface area contributed by atoms with E-state index in [1.807, 2.05) is 24.0 Å². The lowest BCUT2D eigenvalue weighted by molar-refractivity contribution is -0.141. The number of hydrogen-bond acceptors (Lipinski definition) is 4. The number of anilines is 2. The number of pyridine rings is 1. The van der Waals surface area contributed by atoms with Crippen molar-refractivity contribution < 1.29 is 18.0 Å². The fourth-order valence-corrected chi connectivity index (χ4v) is 4.52. The van der Waals surface area contributed by atoms with E-state index >= 15 is 0 Å². The largest absolute Gasteiger partial charge is 0.433 e. The van der Waals surface area contributed by atoms with E-state index in [4.69, 9.17) is 0 Å². The van der Waals surface area contributed by atoms with Gasteiger partial charge in [-0.15, -0.1) is 0 Å². The topological polar surface area (TPSA) is 57.3 Å². The Bertz CT molecular complexity index is 1000. The van der Waals surface area contributed by atoms with E-state index in [-0.39, 0.29) is 18.4 Å². The number of carbonyl (C=O) groups is 1. The van der Waals surface area contributed by atoms with E-state index < -0.39 is 11.9 Å². The highest BCUT2D eigenvalue weighted by molar-refractivity contribution is 5.83. The van der Waals surface area contributed by atoms with E-state index in [1.54, 1.807) is 0 Å². The summed E-state index contributed by atoms with van der Waals surface area (Å²) in [5, 5.41) is 6.29. The van der Waals surface area contributed by atoms with Crippen molar-refractivity contribution in [3.05, 3.63) is 52.7 Å². The summed E-state index contributed by atoms with van der Waals surface area (Å²) < 4.78 is 39.9. The molecule has 2 aliphatic heterocycles. The molecule has 2 aromatic rings. The first-order chi connectivity index (χ1) is 15.7. The monoisotopic (exact) mass is 460 g/mol. The first-order valence-corrected chi connectivity index (χ1v) is 11.7. The zero-order chi connectivity index (χ0) is 23.6. The molecule has 4 rings (SSSR count). The van der Waals surface area contributed by atoms with Gasteiger partial charge >= 0.3 is 6.18 Å². The standard InChI is InChI=1S/C25H31F3N4O/c1-16-9-12-32(13-10-16)23-20(6-8-22(31-23)25(26,27)28)15-30-24(33)17(2)18-5-7-21-19(14-18)4-3-11-29-21/h5-8,14,16-17,29H,3-4,9-13,15H2,1-2H3,(H,30,33). The van der Waals surface area contributed by atoms with Crippen molar-refractivity contribution in [2.75, 3.05) is 29.9 Å². The van der Waals surface area contributed by atoms with Crippen molar-refractivity contribution in [1.82, 2.24) is 10.3 Å². The van der Waals surface area contributed by atoms with Crippen molar-refractivity contribution in [3.63, 3.8) is 0 Å². The summed E-state index contributed by atoms with van der Waals surface area (Å²) in [6, 6.07) is 8.49. The number of benzene rings is 1. The molecule has 0 radical (unpaired) electrons. The van der Waals surface area contributed by atoms with Crippen LogP contribution in [0.3, 0.4) is 0 Å². The van der Waals surface area contributed by atoms with Crippen LogP contribution < -0.4 is 15.5 Å². The quantitative estimate of drug-likeness (QED) is 0.651. The number of fused-ring (bicyclic) bond motifs is 1. The summed E-state index contributed by atoms with van der Waals surface area (Å²) in [6.45, 7) is 6.43. The van der Waals surface area contributed by atoms with Crippen molar-refractivity contribution >= 4 is 17.4 Å². The average Bonchev–Trinajstić information content (AvgIpc) is 2.81. The fourth-order valence-electron chi connectivity index (χ4n) is 4.52. The van der Waals surface area contributed by atoms with Crippen LogP contribution in [0.4, 0.5) is 24.7 Å². The van der Waals surface area contributed by atoms with Gasteiger partial charge in [-0.25, -0.2) is 4.98 Å². The number of hydrogen-bond donors (Lipinski definition) is 2. The minimum Gasteiger partial charge on any atom is -0.385 e. The Morgan fingerprint density at radius 2 is 2.00 bits per heavy atom. The molecule has 8 heteroatoms. The second-order valence-corrected chi connectivity index (χ2v) is 9.23. The predicted molar refractivity (Wildman–Crippen MR) is 123 cm³/mol. The highest BCUT2D eigenvalue weighted by Gasteiger charge is 2.34. The molecule has 178 valence electrons. The molecule has 0 saturated carbocycles. The van der Waals surface area contributed by atoms with Gasteiger partial charge in [0.2, 0.25) is 5.91 Å². The normalized spacial score (nSPS) is 17.8. The van der Waals surface area contributed by atoms with Crippen LogP contribution in [0.1, 0.15) is 61.4 Å². The maximum atomic E-state index is 13.3. The molecule has 1 unspecified atom stereocenters. The van der Waals surface area contributed by atoms with E-state index in [0.717, 1.165) is 49.5 Å². The Labute approximate surface area is 192 Å². The van der Waals surface area contributed by atoms with Crippen molar-refractivity contribution in [1.29, 1.82) is 0 Å². The molecular weight excluding hydrogens is 429 g/mol. The van der Waals surface area contributed by atoms with Crippen molar-refractivity contribution in [3.8, 4) is 0 Å². The molecule has 1 amide bonds. The summed E-state index contributed by atoms with van der Waals surface area (Å²) in [5.74, 6) is 0.350. The number of rotatable bonds is 5. The lowest BCUT2D eigenvalue weighted by Crippen LogP contribution is -2.35. The van der Waals surface area contributed by atoms with Crippen LogP contribution in [-0.2, 0) is 23.9 Å². The third kappa shape index (κ3) is 5.42. The minimum absolute atomic E-state index is 0.141. The number of nitrogens with zero attached hydrogens (tertiary/aromatic N) is 2. The molecule has 2 N–H and O–H groups in total. The number of alkyl halides is 3. The van der Waals surface area contributed by atoms with Crippen LogP contribution in [0.2, 0.25) is 0 Å². The van der Waals surface area contributed by atoms with Gasteiger partial charge in [0.15, 0.2) is 0 Å². The Hall–Kier alpha value is -2.77. The third-order valence-corrected chi connectivity index (χ3v) is 6.74. The molecule has 2 aliphatic rings. The van der Waals surface area contributed by atoms with Crippen LogP contribution >= 0.6 is 0 Å². The van der Waals surface area contributed by atoms with E-state index in [1.165, 1.54) is 11.6 Å². The first-order valence-electron chi connectivity index (χ1n) is 11.7. The summed E-state index contributed by atoms with van der Waals surface area (Å²) >= 11 is 0. The fraction of sp³-hybridized carbons (Fsp3) is 0.520. The maximum Gasteiger partial charge on any atom is 0.433 e. The highest BCUT2D eigenvalue weighted by atomic mass is 19.4. The molecule has 33 heavy (non-hydrogen) atoms. The van der Waals surface area contributed by atoms with Gasteiger partial charge in [0, 0.05) is 37.4 Å². The van der Waals surface area contributed by atoms with E-state index in [2.05, 4.69) is 28.6 Å². The first kappa shape index (κ1) is 23.4. The molecule has 1 fully saturated rings. The van der Waals surface area contributed by atoms with Crippen LogP contribution in [0.25, 0.3) is 0 Å². The summed E-state index contributed by atoms with van der Waals surface area (Å²) in [6.07, 6.45) is -0.632. The molecule has 1 aromatic heterocycles. The number of aryl methyl sites for hydroxylation is 1. The van der Waals surface area contributed by atoms with Gasteiger partial charge in [0.25, 0.3) is 0 Å². The Morgan fingerprint density at radius 3 is 2.73 bits per heavy atom. The summed E-state index contributed by atoms with van der Waals surface area (Å²) in [7, 11) is 0. The van der Waals surface area contributed by atoms with E-state index in [9.17, 15) is 18.0 Å². The lowest BCUT2D eigenvalue weighted by atomic mass is 9.94. The lowest BCUT2D eigenvalue weighted by Gasteiger charge is -2.33. The third-order valence-electron chi connectivity index (χ3n) is 6.74. The second-order valence-electron chi connectivity index (χ2n) is 9.23. The molecule has 3 heterocycles. The van der Waals surface area contributed by atoms with Gasteiger partial charge in [-0.1, -0.05) is 25.1 Å². The number of halogens is 3. The van der Waals surface area contributed by atoms with Gasteiger partial charge in [0.05, 0.1) is 5.92 Å². The Balaban J connectivity index is 1.49. The number of aromatic nitrogens is 1.